The summed E-state index contributed by atoms with van der Waals surface area (Å²) >= 11 is 0. The zero-order chi connectivity index (χ0) is 73.2. The standard InChI is InChI=1S/2C46H54P3Si3.2Li/c2*1-50(2,37-47(40-25-13-7-14-26-40)41-27-15-8-16-28-41)46(51(3,4)38-48(42-29-17-9-18-30-42)43-31-19-10-20-32-43)52(5,6)39-49(44-33-21-11-22-34-44)45-35-23-12-24-36-45;;/h2*7-36H,37-39H2,1-6H3;;/q2*-1;2*+1. The third-order valence-electron chi connectivity index (χ3n) is 20.2. The molecule has 12 aromatic carbocycles. The van der Waals surface area contributed by atoms with Crippen LogP contribution in [0, 0.1) is 9.58 Å². The molecule has 0 nitrogen and oxygen atoms in total. The first-order valence-corrected chi connectivity index (χ1v) is 65.5. The first-order valence-electron chi connectivity index (χ1n) is 37.1. The van der Waals surface area contributed by atoms with E-state index < -0.39 is 96.0 Å². The maximum atomic E-state index is 2.79. The molecule has 0 atom stereocenters. The van der Waals surface area contributed by atoms with Crippen LogP contribution in [0.3, 0.4) is 0 Å². The van der Waals surface area contributed by atoms with Crippen LogP contribution in [-0.4, -0.2) is 83.2 Å². The van der Waals surface area contributed by atoms with Crippen LogP contribution in [0.2, 0.25) is 78.6 Å². The molecule has 0 aromatic heterocycles. The van der Waals surface area contributed by atoms with Gasteiger partial charge in [0.15, 0.2) is 0 Å². The van der Waals surface area contributed by atoms with E-state index in [4.69, 9.17) is 0 Å². The summed E-state index contributed by atoms with van der Waals surface area (Å²) in [7, 11) is -14.8. The summed E-state index contributed by atoms with van der Waals surface area (Å²) < 4.78 is 0. The Balaban J connectivity index is 0.000000241. The molecular weight excluding hydrogens is 1470 g/mol. The molecule has 0 aliphatic carbocycles. The summed E-state index contributed by atoms with van der Waals surface area (Å²) in [6.07, 6.45) is 0. The normalized spacial score (nSPS) is 12.3. The molecule has 532 valence electrons. The van der Waals surface area contributed by atoms with Crippen LogP contribution in [-0.2, 0) is 0 Å². The van der Waals surface area contributed by atoms with Gasteiger partial charge in [0.1, 0.15) is 0 Å². The van der Waals surface area contributed by atoms with E-state index in [0.29, 0.717) is 0 Å². The minimum Gasteiger partial charge on any atom is -0.309 e. The summed E-state index contributed by atoms with van der Waals surface area (Å²) in [5.74, 6) is 7.84. The quantitative estimate of drug-likeness (QED) is 0.0239. The van der Waals surface area contributed by atoms with E-state index in [-0.39, 0.29) is 37.7 Å². The molecule has 0 fully saturated rings. The van der Waals surface area contributed by atoms with Gasteiger partial charge >= 0.3 is 37.7 Å². The van der Waals surface area contributed by atoms with Gasteiger partial charge in [-0.05, 0) is 111 Å². The topological polar surface area (TPSA) is 0 Å². The van der Waals surface area contributed by atoms with Crippen molar-refractivity contribution in [1.29, 1.82) is 0 Å². The molecule has 0 radical (unpaired) electrons. The monoisotopic (exact) mass is 1580 g/mol. The average molecular weight is 1580 g/mol. The Morgan fingerprint density at radius 2 is 0.226 bits per heavy atom. The molecule has 0 amide bonds. The zero-order valence-corrected chi connectivity index (χ0v) is 76.9. The van der Waals surface area contributed by atoms with Crippen LogP contribution in [0.4, 0.5) is 0 Å². The summed E-state index contributed by atoms with van der Waals surface area (Å²) in [6.45, 7) is 33.4. The number of hydrogen-bond donors (Lipinski definition) is 0. The van der Waals surface area contributed by atoms with Gasteiger partial charge in [0.05, 0.1) is 0 Å². The molecule has 0 heterocycles. The Morgan fingerprint density at radius 1 is 0.151 bits per heavy atom. The molecule has 0 saturated heterocycles. The largest absolute Gasteiger partial charge is 1.00 e. The Labute approximate surface area is 677 Å². The van der Waals surface area contributed by atoms with Crippen LogP contribution in [0.25, 0.3) is 0 Å². The van der Waals surface area contributed by atoms with Crippen molar-refractivity contribution in [3.05, 3.63) is 374 Å². The van der Waals surface area contributed by atoms with Crippen molar-refractivity contribution >= 4 is 160 Å². The minimum absolute atomic E-state index is 0. The van der Waals surface area contributed by atoms with Crippen molar-refractivity contribution in [2.45, 2.75) is 78.6 Å². The fraction of sp³-hybridized carbons (Fsp3) is 0.196. The molecular formula is C92H108Li2P6Si6. The first kappa shape index (κ1) is 85.7. The Hall–Kier alpha value is -4.28. The average Bonchev–Trinajstić information content (AvgIpc) is 0.751. The van der Waals surface area contributed by atoms with E-state index >= 15 is 0 Å². The van der Waals surface area contributed by atoms with Gasteiger partial charge in [-0.2, -0.15) is 0 Å². The van der Waals surface area contributed by atoms with Crippen molar-refractivity contribution < 1.29 is 37.7 Å². The Bertz CT molecular complexity index is 3490. The molecule has 0 saturated carbocycles. The van der Waals surface area contributed by atoms with E-state index in [1.807, 2.05) is 0 Å². The second-order valence-electron chi connectivity index (χ2n) is 31.6. The molecule has 0 aliphatic rings. The van der Waals surface area contributed by atoms with Crippen molar-refractivity contribution in [3.8, 4) is 0 Å². The van der Waals surface area contributed by atoms with Crippen LogP contribution >= 0.6 is 47.5 Å². The molecule has 0 spiro atoms. The van der Waals surface area contributed by atoms with E-state index in [9.17, 15) is 0 Å². The maximum Gasteiger partial charge on any atom is 1.00 e. The summed E-state index contributed by atoms with van der Waals surface area (Å²) in [5.41, 5.74) is 0. The van der Waals surface area contributed by atoms with Gasteiger partial charge in [-0.15, -0.1) is 0 Å². The van der Waals surface area contributed by atoms with Crippen molar-refractivity contribution in [1.82, 2.24) is 0 Å². The molecule has 12 rings (SSSR count). The minimum atomic E-state index is -1.98. The Morgan fingerprint density at radius 3 is 0.302 bits per heavy atom. The smallest absolute Gasteiger partial charge is 0.309 e. The van der Waals surface area contributed by atoms with Gasteiger partial charge in [-0.1, -0.05) is 526 Å². The van der Waals surface area contributed by atoms with Crippen molar-refractivity contribution in [2.24, 2.45) is 0 Å². The fourth-order valence-corrected chi connectivity index (χ4v) is 110. The van der Waals surface area contributed by atoms with E-state index in [0.717, 1.165) is 0 Å². The SMILES string of the molecule is C[Si](C)(CP(c1ccccc1)c1ccccc1)[C-]([Si](C)(C)CP(c1ccccc1)c1ccccc1)[Si](C)(C)CP(c1ccccc1)c1ccccc1.C[Si](C)(CP(c1ccccc1)c1ccccc1)[C-]([Si](C)(C)CP(c1ccccc1)c1ccccc1)[Si](C)(C)CP(c1ccccc1)c1ccccc1.[Li+].[Li+]. The summed E-state index contributed by atoms with van der Waals surface area (Å²) in [4.78, 5) is 4.23. The fourth-order valence-electron chi connectivity index (χ4n) is 17.6. The summed E-state index contributed by atoms with van der Waals surface area (Å²) in [5, 5.41) is 18.3. The number of rotatable bonds is 30. The van der Waals surface area contributed by atoms with Gasteiger partial charge < -0.3 is 9.58 Å². The molecule has 14 heteroatoms. The van der Waals surface area contributed by atoms with Gasteiger partial charge in [-0.25, -0.2) is 0 Å². The third-order valence-corrected chi connectivity index (χ3v) is 90.3. The molecule has 106 heavy (non-hydrogen) atoms. The number of benzene rings is 12. The molecule has 0 unspecified atom stereocenters. The first-order chi connectivity index (χ1) is 50.1. The molecule has 12 aromatic rings. The maximum absolute atomic E-state index is 2.79. The van der Waals surface area contributed by atoms with Crippen LogP contribution in [0.15, 0.2) is 364 Å². The van der Waals surface area contributed by atoms with Crippen LogP contribution < -0.4 is 101 Å². The second kappa shape index (κ2) is 40.3. The van der Waals surface area contributed by atoms with Gasteiger partial charge in [0, 0.05) is 0 Å². The van der Waals surface area contributed by atoms with Crippen molar-refractivity contribution in [2.75, 3.05) is 34.7 Å². The predicted molar refractivity (Wildman–Crippen MR) is 495 cm³/mol. The van der Waals surface area contributed by atoms with Gasteiger partial charge in [0.2, 0.25) is 0 Å². The molecule has 0 N–H and O–H groups in total. The van der Waals surface area contributed by atoms with E-state index in [1.54, 1.807) is 0 Å². The van der Waals surface area contributed by atoms with Crippen LogP contribution in [0.1, 0.15) is 0 Å². The predicted octanol–water partition coefficient (Wildman–Crippen LogP) is 14.6. The zero-order valence-electron chi connectivity index (χ0n) is 65.6. The van der Waals surface area contributed by atoms with Crippen molar-refractivity contribution in [3.63, 3.8) is 0 Å². The molecule has 0 bridgehead atoms. The second-order valence-corrected chi connectivity index (χ2v) is 79.1. The van der Waals surface area contributed by atoms with Crippen LogP contribution in [0.5, 0.6) is 0 Å². The third kappa shape index (κ3) is 23.0. The van der Waals surface area contributed by atoms with E-state index in [1.165, 1.54) is 98.4 Å². The summed E-state index contributed by atoms with van der Waals surface area (Å²) in [6, 6.07) is 138. The van der Waals surface area contributed by atoms with Gasteiger partial charge in [-0.3, -0.25) is 0 Å². The van der Waals surface area contributed by atoms with E-state index in [2.05, 4.69) is 452 Å². The van der Waals surface area contributed by atoms with Gasteiger partial charge in [0.25, 0.3) is 0 Å². The molecule has 0 aliphatic heterocycles. The number of hydrogen-bond acceptors (Lipinski definition) is 0. The Kier molecular flexibility index (Phi) is 32.6.